The van der Waals surface area contributed by atoms with Gasteiger partial charge in [-0.15, -0.1) is 0 Å². The normalized spacial score (nSPS) is 10.4. The van der Waals surface area contributed by atoms with Crippen LogP contribution >= 0.6 is 0 Å². The number of carbonyl (C=O) groups excluding carboxylic acids is 1. The van der Waals surface area contributed by atoms with Crippen molar-refractivity contribution >= 4 is 5.78 Å². The molecule has 0 aliphatic rings. The van der Waals surface area contributed by atoms with Crippen molar-refractivity contribution in [1.82, 2.24) is 0 Å². The number of rotatable bonds is 6. The van der Waals surface area contributed by atoms with E-state index in [0.29, 0.717) is 13.2 Å². The van der Waals surface area contributed by atoms with E-state index in [1.807, 2.05) is 32.0 Å². The summed E-state index contributed by atoms with van der Waals surface area (Å²) in [5, 5.41) is 0. The molecule has 88 valence electrons. The summed E-state index contributed by atoms with van der Waals surface area (Å²) < 4.78 is 10.0. The summed E-state index contributed by atoms with van der Waals surface area (Å²) in [6.45, 7) is 4.99. The first-order chi connectivity index (χ1) is 7.65. The molecule has 0 fully saturated rings. The predicted molar refractivity (Wildman–Crippen MR) is 62.9 cm³/mol. The highest BCUT2D eigenvalue weighted by Gasteiger charge is 2.09. The van der Waals surface area contributed by atoms with Crippen molar-refractivity contribution in [2.24, 2.45) is 0 Å². The van der Waals surface area contributed by atoms with E-state index >= 15 is 0 Å². The maximum atomic E-state index is 11.8. The molecule has 3 heteroatoms. The van der Waals surface area contributed by atoms with Crippen LogP contribution in [0.4, 0.5) is 0 Å². The van der Waals surface area contributed by atoms with Crippen LogP contribution in [0.5, 0.6) is 0 Å². The Bertz CT molecular complexity index is 358. The van der Waals surface area contributed by atoms with Crippen LogP contribution in [0.2, 0.25) is 0 Å². The van der Waals surface area contributed by atoms with E-state index in [-0.39, 0.29) is 12.4 Å². The molecule has 16 heavy (non-hydrogen) atoms. The molecule has 0 unspecified atom stereocenters. The zero-order valence-corrected chi connectivity index (χ0v) is 10.1. The van der Waals surface area contributed by atoms with Gasteiger partial charge in [0.2, 0.25) is 0 Å². The maximum Gasteiger partial charge on any atom is 0.188 e. The van der Waals surface area contributed by atoms with Crippen LogP contribution < -0.4 is 0 Å². The summed E-state index contributed by atoms with van der Waals surface area (Å²) in [4.78, 5) is 11.8. The number of benzene rings is 1. The van der Waals surface area contributed by atoms with Crippen molar-refractivity contribution in [2.75, 3.05) is 26.9 Å². The number of ether oxygens (including phenoxy) is 2. The maximum absolute atomic E-state index is 11.8. The van der Waals surface area contributed by atoms with Crippen LogP contribution in [-0.2, 0) is 9.47 Å². The Morgan fingerprint density at radius 1 is 1.25 bits per heavy atom. The second kappa shape index (κ2) is 6.40. The van der Waals surface area contributed by atoms with Gasteiger partial charge in [-0.3, -0.25) is 4.79 Å². The highest BCUT2D eigenvalue weighted by molar-refractivity contribution is 5.98. The van der Waals surface area contributed by atoms with Crippen LogP contribution in [0, 0.1) is 13.8 Å². The average Bonchev–Trinajstić information content (AvgIpc) is 2.27. The van der Waals surface area contributed by atoms with Crippen LogP contribution in [0.3, 0.4) is 0 Å². The average molecular weight is 222 g/mol. The molecule has 1 rings (SSSR count). The van der Waals surface area contributed by atoms with E-state index in [0.717, 1.165) is 16.7 Å². The lowest BCUT2D eigenvalue weighted by molar-refractivity contribution is 0.0576. The Morgan fingerprint density at radius 2 is 2.00 bits per heavy atom. The molecule has 0 aliphatic heterocycles. The van der Waals surface area contributed by atoms with Gasteiger partial charge in [-0.2, -0.15) is 0 Å². The van der Waals surface area contributed by atoms with Crippen LogP contribution in [0.25, 0.3) is 0 Å². The first-order valence-corrected chi connectivity index (χ1v) is 5.32. The predicted octanol–water partition coefficient (Wildman–Crippen LogP) is 2.15. The van der Waals surface area contributed by atoms with Gasteiger partial charge in [0.25, 0.3) is 0 Å². The van der Waals surface area contributed by atoms with E-state index in [1.165, 1.54) is 0 Å². The fourth-order valence-electron chi connectivity index (χ4n) is 1.42. The summed E-state index contributed by atoms with van der Waals surface area (Å²) >= 11 is 0. The number of hydrogen-bond donors (Lipinski definition) is 0. The van der Waals surface area contributed by atoms with Gasteiger partial charge in [0, 0.05) is 12.7 Å². The van der Waals surface area contributed by atoms with Gasteiger partial charge in [0.05, 0.1) is 13.2 Å². The highest BCUT2D eigenvalue weighted by Crippen LogP contribution is 2.11. The largest absolute Gasteiger partial charge is 0.382 e. The van der Waals surface area contributed by atoms with Crippen molar-refractivity contribution in [3.8, 4) is 0 Å². The molecule has 0 bridgehead atoms. The molecule has 0 heterocycles. The van der Waals surface area contributed by atoms with E-state index in [4.69, 9.17) is 9.47 Å². The molecule has 0 aliphatic carbocycles. The zero-order chi connectivity index (χ0) is 12.0. The quantitative estimate of drug-likeness (QED) is 0.546. The van der Waals surface area contributed by atoms with Crippen molar-refractivity contribution in [3.05, 3.63) is 34.9 Å². The Kier molecular flexibility index (Phi) is 5.15. The summed E-state index contributed by atoms with van der Waals surface area (Å²) in [6, 6.07) is 5.85. The lowest BCUT2D eigenvalue weighted by Crippen LogP contribution is -2.13. The molecule has 0 saturated carbocycles. The second-order valence-corrected chi connectivity index (χ2v) is 3.79. The summed E-state index contributed by atoms with van der Waals surface area (Å²) in [7, 11) is 1.61. The Morgan fingerprint density at radius 3 is 2.69 bits per heavy atom. The minimum atomic E-state index is 0.0253. The first-order valence-electron chi connectivity index (χ1n) is 5.32. The minimum absolute atomic E-state index is 0.0253. The molecule has 0 aromatic heterocycles. The van der Waals surface area contributed by atoms with Gasteiger partial charge < -0.3 is 9.47 Å². The third-order valence-electron chi connectivity index (χ3n) is 2.36. The summed E-state index contributed by atoms with van der Waals surface area (Å²) in [5.41, 5.74) is 2.83. The number of methoxy groups -OCH3 is 1. The number of Topliss-reactive ketones (excluding diaryl/α,β-unsaturated/α-hetero) is 1. The first kappa shape index (κ1) is 12.9. The Hall–Kier alpha value is -1.19. The van der Waals surface area contributed by atoms with Crippen LogP contribution in [-0.4, -0.2) is 32.7 Å². The van der Waals surface area contributed by atoms with Gasteiger partial charge in [0.1, 0.15) is 6.61 Å². The van der Waals surface area contributed by atoms with Crippen LogP contribution in [0.15, 0.2) is 18.2 Å². The van der Waals surface area contributed by atoms with E-state index in [2.05, 4.69) is 0 Å². The molecule has 1 aromatic rings. The van der Waals surface area contributed by atoms with Gasteiger partial charge in [-0.1, -0.05) is 17.7 Å². The molecule has 0 radical (unpaired) electrons. The van der Waals surface area contributed by atoms with E-state index in [1.54, 1.807) is 7.11 Å². The van der Waals surface area contributed by atoms with Crippen molar-refractivity contribution in [3.63, 3.8) is 0 Å². The third-order valence-corrected chi connectivity index (χ3v) is 2.36. The second-order valence-electron chi connectivity index (χ2n) is 3.79. The van der Waals surface area contributed by atoms with Crippen LogP contribution in [0.1, 0.15) is 21.5 Å². The molecule has 0 N–H and O–H groups in total. The fourth-order valence-corrected chi connectivity index (χ4v) is 1.42. The number of carbonyl (C=O) groups is 1. The standard InChI is InChI=1S/C13H18O3/c1-10-4-5-11(2)12(8-10)13(14)9-16-7-6-15-3/h4-5,8H,6-7,9H2,1-3H3. The number of ketones is 1. The Labute approximate surface area is 96.4 Å². The minimum Gasteiger partial charge on any atom is -0.382 e. The van der Waals surface area contributed by atoms with Gasteiger partial charge in [-0.05, 0) is 25.5 Å². The smallest absolute Gasteiger partial charge is 0.188 e. The molecule has 0 saturated heterocycles. The van der Waals surface area contributed by atoms with Gasteiger partial charge in [0.15, 0.2) is 5.78 Å². The number of hydrogen-bond acceptors (Lipinski definition) is 3. The molecular formula is C13H18O3. The van der Waals surface area contributed by atoms with Crippen molar-refractivity contribution in [2.45, 2.75) is 13.8 Å². The van der Waals surface area contributed by atoms with E-state index < -0.39 is 0 Å². The molecule has 1 aromatic carbocycles. The summed E-state index contributed by atoms with van der Waals surface area (Å²) in [5.74, 6) is 0.0253. The topological polar surface area (TPSA) is 35.5 Å². The molecule has 0 spiro atoms. The third kappa shape index (κ3) is 3.76. The highest BCUT2D eigenvalue weighted by atomic mass is 16.5. The monoisotopic (exact) mass is 222 g/mol. The lowest BCUT2D eigenvalue weighted by Gasteiger charge is -2.06. The van der Waals surface area contributed by atoms with Gasteiger partial charge in [-0.25, -0.2) is 0 Å². The zero-order valence-electron chi connectivity index (χ0n) is 10.1. The van der Waals surface area contributed by atoms with E-state index in [9.17, 15) is 4.79 Å². The molecular weight excluding hydrogens is 204 g/mol. The van der Waals surface area contributed by atoms with Crippen molar-refractivity contribution < 1.29 is 14.3 Å². The lowest BCUT2D eigenvalue weighted by atomic mass is 10.0. The summed E-state index contributed by atoms with van der Waals surface area (Å²) in [6.07, 6.45) is 0. The Balaban J connectivity index is 2.55. The molecule has 0 atom stereocenters. The van der Waals surface area contributed by atoms with Gasteiger partial charge >= 0.3 is 0 Å². The number of aryl methyl sites for hydroxylation is 2. The fraction of sp³-hybridized carbons (Fsp3) is 0.462. The SMILES string of the molecule is COCCOCC(=O)c1cc(C)ccc1C. The molecule has 3 nitrogen and oxygen atoms in total. The molecule has 0 amide bonds. The van der Waals surface area contributed by atoms with Crippen molar-refractivity contribution in [1.29, 1.82) is 0 Å².